The average molecular weight is 401 g/mol. The largest absolute Gasteiger partial charge is 0.436 e. The van der Waals surface area contributed by atoms with Crippen LogP contribution >= 0.6 is 0 Å². The molecule has 0 aliphatic heterocycles. The van der Waals surface area contributed by atoms with Gasteiger partial charge in [-0.3, -0.25) is 14.9 Å². The number of fused-ring (bicyclic) bond motifs is 1. The molecule has 7 nitrogen and oxygen atoms in total. The van der Waals surface area contributed by atoms with Crippen molar-refractivity contribution in [2.45, 2.75) is 20.8 Å². The van der Waals surface area contributed by atoms with Crippen molar-refractivity contribution in [3.8, 4) is 11.5 Å². The molecule has 1 amide bonds. The Labute approximate surface area is 172 Å². The van der Waals surface area contributed by atoms with Crippen molar-refractivity contribution in [3.63, 3.8) is 0 Å². The summed E-state index contributed by atoms with van der Waals surface area (Å²) in [5.74, 6) is 0.121. The molecular formula is C23H19N3O4. The zero-order valence-electron chi connectivity index (χ0n) is 16.7. The number of oxazole rings is 1. The van der Waals surface area contributed by atoms with E-state index in [0.29, 0.717) is 22.7 Å². The number of amides is 1. The predicted molar refractivity (Wildman–Crippen MR) is 115 cm³/mol. The van der Waals surface area contributed by atoms with E-state index in [1.54, 1.807) is 25.1 Å². The fraction of sp³-hybridized carbons (Fsp3) is 0.130. The second-order valence-corrected chi connectivity index (χ2v) is 7.24. The summed E-state index contributed by atoms with van der Waals surface area (Å²) >= 11 is 0. The van der Waals surface area contributed by atoms with Crippen molar-refractivity contribution in [1.82, 2.24) is 4.98 Å². The Morgan fingerprint density at radius 1 is 1.03 bits per heavy atom. The summed E-state index contributed by atoms with van der Waals surface area (Å²) in [5.41, 5.74) is 5.72. The van der Waals surface area contributed by atoms with E-state index in [4.69, 9.17) is 4.42 Å². The van der Waals surface area contributed by atoms with Gasteiger partial charge >= 0.3 is 0 Å². The lowest BCUT2D eigenvalue weighted by atomic mass is 10.1. The number of nitro benzene ring substituents is 1. The minimum absolute atomic E-state index is 0.0185. The highest BCUT2D eigenvalue weighted by Crippen LogP contribution is 2.29. The summed E-state index contributed by atoms with van der Waals surface area (Å²) in [4.78, 5) is 27.7. The average Bonchev–Trinajstić information content (AvgIpc) is 3.12. The maximum Gasteiger partial charge on any atom is 0.272 e. The first-order valence-corrected chi connectivity index (χ1v) is 9.36. The number of carbonyl (C=O) groups is 1. The van der Waals surface area contributed by atoms with Gasteiger partial charge in [-0.1, -0.05) is 12.1 Å². The molecule has 0 atom stereocenters. The van der Waals surface area contributed by atoms with Crippen LogP contribution in [-0.4, -0.2) is 15.8 Å². The molecule has 3 aromatic carbocycles. The van der Waals surface area contributed by atoms with E-state index in [1.165, 1.54) is 18.2 Å². The summed E-state index contributed by atoms with van der Waals surface area (Å²) in [5, 5.41) is 13.8. The molecule has 0 saturated carbocycles. The van der Waals surface area contributed by atoms with Crippen LogP contribution in [0.1, 0.15) is 27.0 Å². The van der Waals surface area contributed by atoms with Crippen LogP contribution in [0.4, 0.5) is 11.4 Å². The van der Waals surface area contributed by atoms with Gasteiger partial charge in [0.15, 0.2) is 5.58 Å². The van der Waals surface area contributed by atoms with Crippen LogP contribution < -0.4 is 5.32 Å². The minimum Gasteiger partial charge on any atom is -0.436 e. The van der Waals surface area contributed by atoms with Gasteiger partial charge in [0.25, 0.3) is 11.6 Å². The number of benzene rings is 3. The maximum atomic E-state index is 12.6. The van der Waals surface area contributed by atoms with Gasteiger partial charge in [-0.25, -0.2) is 4.98 Å². The number of aryl methyl sites for hydroxylation is 3. The number of anilines is 1. The first-order chi connectivity index (χ1) is 14.3. The number of nitrogens with zero attached hydrogens (tertiary/aromatic N) is 2. The van der Waals surface area contributed by atoms with Gasteiger partial charge in [-0.2, -0.15) is 0 Å². The Balaban J connectivity index is 1.61. The van der Waals surface area contributed by atoms with Crippen LogP contribution in [0.25, 0.3) is 22.6 Å². The number of nitro groups is 1. The van der Waals surface area contributed by atoms with Gasteiger partial charge in [0, 0.05) is 28.4 Å². The SMILES string of the molecule is Cc1cc(C)c2oc(-c3cccc(NC(=O)c4ccc([N+](=O)[O-])c(C)c4)c3)nc2c1. The molecular weight excluding hydrogens is 382 g/mol. The topological polar surface area (TPSA) is 98.3 Å². The normalized spacial score (nSPS) is 10.9. The van der Waals surface area contributed by atoms with Crippen LogP contribution in [0.5, 0.6) is 0 Å². The number of nitrogens with one attached hydrogen (secondary N) is 1. The van der Waals surface area contributed by atoms with Crippen molar-refractivity contribution in [1.29, 1.82) is 0 Å². The number of rotatable bonds is 4. The van der Waals surface area contributed by atoms with Crippen molar-refractivity contribution < 1.29 is 14.1 Å². The third kappa shape index (κ3) is 3.65. The fourth-order valence-electron chi connectivity index (χ4n) is 3.43. The monoisotopic (exact) mass is 401 g/mol. The lowest BCUT2D eigenvalue weighted by Gasteiger charge is -2.07. The highest BCUT2D eigenvalue weighted by molar-refractivity contribution is 6.04. The van der Waals surface area contributed by atoms with Crippen LogP contribution in [-0.2, 0) is 0 Å². The Morgan fingerprint density at radius 2 is 1.83 bits per heavy atom. The lowest BCUT2D eigenvalue weighted by Crippen LogP contribution is -2.12. The van der Waals surface area contributed by atoms with Crippen LogP contribution in [0.15, 0.2) is 59.0 Å². The summed E-state index contributed by atoms with van der Waals surface area (Å²) in [6, 6.07) is 15.5. The van der Waals surface area contributed by atoms with Crippen molar-refractivity contribution in [2.75, 3.05) is 5.32 Å². The lowest BCUT2D eigenvalue weighted by molar-refractivity contribution is -0.385. The molecule has 0 bridgehead atoms. The van der Waals surface area contributed by atoms with Gasteiger partial charge in [0.2, 0.25) is 5.89 Å². The van der Waals surface area contributed by atoms with Crippen LogP contribution in [0.3, 0.4) is 0 Å². The summed E-state index contributed by atoms with van der Waals surface area (Å²) in [6.45, 7) is 5.59. The Kier molecular flexibility index (Phi) is 4.79. The predicted octanol–water partition coefficient (Wildman–Crippen LogP) is 5.58. The quantitative estimate of drug-likeness (QED) is 0.355. The van der Waals surface area contributed by atoms with E-state index in [2.05, 4.69) is 10.3 Å². The highest BCUT2D eigenvalue weighted by Gasteiger charge is 2.15. The van der Waals surface area contributed by atoms with E-state index in [9.17, 15) is 14.9 Å². The second kappa shape index (κ2) is 7.44. The molecule has 0 unspecified atom stereocenters. The fourth-order valence-corrected chi connectivity index (χ4v) is 3.43. The molecule has 1 heterocycles. The molecule has 30 heavy (non-hydrogen) atoms. The third-order valence-electron chi connectivity index (χ3n) is 4.84. The summed E-state index contributed by atoms with van der Waals surface area (Å²) in [6.07, 6.45) is 0. The first kappa shape index (κ1) is 19.3. The van der Waals surface area contributed by atoms with E-state index in [1.807, 2.05) is 32.0 Å². The summed E-state index contributed by atoms with van der Waals surface area (Å²) < 4.78 is 5.95. The van der Waals surface area contributed by atoms with Crippen LogP contribution in [0, 0.1) is 30.9 Å². The molecule has 0 fully saturated rings. The summed E-state index contributed by atoms with van der Waals surface area (Å²) in [7, 11) is 0. The highest BCUT2D eigenvalue weighted by atomic mass is 16.6. The molecule has 7 heteroatoms. The third-order valence-corrected chi connectivity index (χ3v) is 4.84. The van der Waals surface area contributed by atoms with Crippen molar-refractivity contribution in [2.24, 2.45) is 0 Å². The molecule has 0 saturated heterocycles. The Bertz CT molecular complexity index is 1310. The molecule has 1 aromatic heterocycles. The molecule has 150 valence electrons. The van der Waals surface area contributed by atoms with Crippen molar-refractivity contribution >= 4 is 28.4 Å². The molecule has 0 aliphatic carbocycles. The van der Waals surface area contributed by atoms with Gasteiger partial charge in [0.05, 0.1) is 4.92 Å². The smallest absolute Gasteiger partial charge is 0.272 e. The van der Waals surface area contributed by atoms with E-state index < -0.39 is 4.92 Å². The van der Waals surface area contributed by atoms with E-state index in [0.717, 1.165) is 27.8 Å². The number of aromatic nitrogens is 1. The van der Waals surface area contributed by atoms with Crippen molar-refractivity contribution in [3.05, 3.63) is 87.0 Å². The number of carbonyl (C=O) groups excluding carboxylic acids is 1. The van der Waals surface area contributed by atoms with Gasteiger partial charge < -0.3 is 9.73 Å². The first-order valence-electron chi connectivity index (χ1n) is 9.36. The van der Waals surface area contributed by atoms with Gasteiger partial charge in [-0.05, 0) is 68.3 Å². The second-order valence-electron chi connectivity index (χ2n) is 7.24. The molecule has 0 radical (unpaired) electrons. The Hall–Kier alpha value is -4.00. The standard InChI is InChI=1S/C23H19N3O4/c1-13-9-15(3)21-19(10-13)25-23(30-21)17-5-4-6-18(12-17)24-22(27)16-7-8-20(26(28)29)14(2)11-16/h4-12H,1-3H3,(H,24,27). The number of hydrogen-bond acceptors (Lipinski definition) is 5. The minimum atomic E-state index is -0.468. The Morgan fingerprint density at radius 3 is 2.57 bits per heavy atom. The molecule has 4 aromatic rings. The zero-order chi connectivity index (χ0) is 21.4. The molecule has 4 rings (SSSR count). The number of hydrogen-bond donors (Lipinski definition) is 1. The molecule has 0 spiro atoms. The zero-order valence-corrected chi connectivity index (χ0v) is 16.7. The van der Waals surface area contributed by atoms with Crippen LogP contribution in [0.2, 0.25) is 0 Å². The maximum absolute atomic E-state index is 12.6. The van der Waals surface area contributed by atoms with E-state index >= 15 is 0 Å². The molecule has 1 N–H and O–H groups in total. The molecule has 0 aliphatic rings. The van der Waals surface area contributed by atoms with Gasteiger partial charge in [-0.15, -0.1) is 0 Å². The van der Waals surface area contributed by atoms with Gasteiger partial charge in [0.1, 0.15) is 5.52 Å². The van der Waals surface area contributed by atoms with E-state index in [-0.39, 0.29) is 11.6 Å².